The van der Waals surface area contributed by atoms with Crippen molar-refractivity contribution in [3.05, 3.63) is 29.8 Å². The summed E-state index contributed by atoms with van der Waals surface area (Å²) in [7, 11) is 0. The molecule has 92 valence electrons. The zero-order valence-electron chi connectivity index (χ0n) is 8.97. The summed E-state index contributed by atoms with van der Waals surface area (Å²) in [5, 5.41) is 8.65. The lowest BCUT2D eigenvalue weighted by molar-refractivity contribution is -0.138. The SMILES string of the molecule is NC(=O)CN(CC(=O)O)Cc1cncc(F)c1. The molecule has 0 radical (unpaired) electrons. The van der Waals surface area contributed by atoms with Crippen LogP contribution in [0.2, 0.25) is 0 Å². The van der Waals surface area contributed by atoms with Gasteiger partial charge in [-0.1, -0.05) is 0 Å². The number of aromatic nitrogens is 1. The summed E-state index contributed by atoms with van der Waals surface area (Å²) >= 11 is 0. The van der Waals surface area contributed by atoms with Crippen molar-refractivity contribution in [2.75, 3.05) is 13.1 Å². The van der Waals surface area contributed by atoms with Gasteiger partial charge in [0.25, 0.3) is 0 Å². The maximum atomic E-state index is 12.9. The average Bonchev–Trinajstić information content (AvgIpc) is 2.14. The van der Waals surface area contributed by atoms with Gasteiger partial charge in [-0.25, -0.2) is 4.39 Å². The van der Waals surface area contributed by atoms with Gasteiger partial charge in [-0.05, 0) is 11.6 Å². The third-order valence-electron chi connectivity index (χ3n) is 1.91. The Bertz CT molecular complexity index is 409. The first-order valence-electron chi connectivity index (χ1n) is 4.79. The second-order valence-corrected chi connectivity index (χ2v) is 3.52. The van der Waals surface area contributed by atoms with E-state index in [1.807, 2.05) is 0 Å². The summed E-state index contributed by atoms with van der Waals surface area (Å²) in [5.41, 5.74) is 5.47. The Hall–Kier alpha value is -2.02. The normalized spacial score (nSPS) is 10.5. The molecule has 0 aliphatic rings. The molecule has 1 aromatic heterocycles. The van der Waals surface area contributed by atoms with Gasteiger partial charge in [0.15, 0.2) is 0 Å². The molecule has 0 bridgehead atoms. The van der Waals surface area contributed by atoms with Gasteiger partial charge in [-0.3, -0.25) is 19.5 Å². The highest BCUT2D eigenvalue weighted by Crippen LogP contribution is 2.05. The van der Waals surface area contributed by atoms with Gasteiger partial charge in [0.2, 0.25) is 5.91 Å². The monoisotopic (exact) mass is 241 g/mol. The molecule has 3 N–H and O–H groups in total. The fourth-order valence-corrected chi connectivity index (χ4v) is 1.38. The molecule has 7 heteroatoms. The van der Waals surface area contributed by atoms with Gasteiger partial charge >= 0.3 is 5.97 Å². The predicted octanol–water partition coefficient (Wildman–Crippen LogP) is -0.407. The van der Waals surface area contributed by atoms with Gasteiger partial charge in [0, 0.05) is 12.7 Å². The Morgan fingerprint density at radius 3 is 2.65 bits per heavy atom. The number of hydrogen-bond acceptors (Lipinski definition) is 4. The van der Waals surface area contributed by atoms with Crippen LogP contribution in [0, 0.1) is 5.82 Å². The number of carboxylic acid groups (broad SMARTS) is 1. The molecule has 1 rings (SSSR count). The predicted molar refractivity (Wildman–Crippen MR) is 56.3 cm³/mol. The number of carboxylic acids is 1. The van der Waals surface area contributed by atoms with E-state index in [4.69, 9.17) is 10.8 Å². The second-order valence-electron chi connectivity index (χ2n) is 3.52. The van der Waals surface area contributed by atoms with E-state index in [0.29, 0.717) is 5.56 Å². The minimum Gasteiger partial charge on any atom is -0.480 e. The number of pyridine rings is 1. The van der Waals surface area contributed by atoms with Crippen LogP contribution in [0.25, 0.3) is 0 Å². The van der Waals surface area contributed by atoms with E-state index < -0.39 is 17.7 Å². The summed E-state index contributed by atoms with van der Waals surface area (Å²) < 4.78 is 12.9. The third kappa shape index (κ3) is 5.03. The maximum absolute atomic E-state index is 12.9. The molecule has 0 saturated carbocycles. The molecule has 0 fully saturated rings. The van der Waals surface area contributed by atoms with Crippen LogP contribution in [-0.2, 0) is 16.1 Å². The number of nitrogens with two attached hydrogens (primary N) is 1. The summed E-state index contributed by atoms with van der Waals surface area (Å²) in [5.74, 6) is -2.25. The number of amides is 1. The fourth-order valence-electron chi connectivity index (χ4n) is 1.38. The van der Waals surface area contributed by atoms with Crippen molar-refractivity contribution in [3.8, 4) is 0 Å². The summed E-state index contributed by atoms with van der Waals surface area (Å²) in [6, 6.07) is 1.23. The zero-order valence-corrected chi connectivity index (χ0v) is 8.97. The van der Waals surface area contributed by atoms with Crippen molar-refractivity contribution in [1.29, 1.82) is 0 Å². The number of carbonyl (C=O) groups is 2. The minimum absolute atomic E-state index is 0.0972. The minimum atomic E-state index is -1.09. The van der Waals surface area contributed by atoms with E-state index in [1.54, 1.807) is 0 Å². The molecule has 1 aromatic rings. The first-order valence-corrected chi connectivity index (χ1v) is 4.79. The van der Waals surface area contributed by atoms with E-state index in [0.717, 1.165) is 6.20 Å². The van der Waals surface area contributed by atoms with E-state index in [9.17, 15) is 14.0 Å². The van der Waals surface area contributed by atoms with Crippen molar-refractivity contribution in [2.45, 2.75) is 6.54 Å². The van der Waals surface area contributed by atoms with Crippen molar-refractivity contribution in [1.82, 2.24) is 9.88 Å². The molecule has 0 atom stereocenters. The Morgan fingerprint density at radius 1 is 1.41 bits per heavy atom. The number of nitrogens with zero attached hydrogens (tertiary/aromatic N) is 2. The third-order valence-corrected chi connectivity index (χ3v) is 1.91. The summed E-state index contributed by atoms with van der Waals surface area (Å²) in [6.45, 7) is -0.456. The largest absolute Gasteiger partial charge is 0.480 e. The highest BCUT2D eigenvalue weighted by molar-refractivity contribution is 5.77. The van der Waals surface area contributed by atoms with Crippen LogP contribution in [0.1, 0.15) is 5.56 Å². The van der Waals surface area contributed by atoms with Gasteiger partial charge in [-0.2, -0.15) is 0 Å². The first kappa shape index (κ1) is 13.0. The number of aliphatic carboxylic acids is 1. The van der Waals surface area contributed by atoms with Crippen LogP contribution in [0.15, 0.2) is 18.5 Å². The number of hydrogen-bond donors (Lipinski definition) is 2. The van der Waals surface area contributed by atoms with Gasteiger partial charge in [0.1, 0.15) is 5.82 Å². The van der Waals surface area contributed by atoms with Gasteiger partial charge in [0.05, 0.1) is 19.3 Å². The van der Waals surface area contributed by atoms with Gasteiger partial charge < -0.3 is 10.8 Å². The molecule has 0 unspecified atom stereocenters. The van der Waals surface area contributed by atoms with E-state index >= 15 is 0 Å². The van der Waals surface area contributed by atoms with Crippen molar-refractivity contribution in [2.24, 2.45) is 5.73 Å². The molecular weight excluding hydrogens is 229 g/mol. The standard InChI is InChI=1S/C10H12FN3O3/c11-8-1-7(2-13-3-8)4-14(5-9(12)15)6-10(16)17/h1-3H,4-6H2,(H2,12,15)(H,16,17). The van der Waals surface area contributed by atoms with Crippen molar-refractivity contribution >= 4 is 11.9 Å². The lowest BCUT2D eigenvalue weighted by Gasteiger charge is -2.18. The first-order chi connectivity index (χ1) is 7.97. The Kier molecular flexibility index (Phi) is 4.53. The molecule has 1 heterocycles. The van der Waals surface area contributed by atoms with Gasteiger partial charge in [-0.15, -0.1) is 0 Å². The molecular formula is C10H12FN3O3. The topological polar surface area (TPSA) is 96.5 Å². The van der Waals surface area contributed by atoms with Crippen LogP contribution in [0.4, 0.5) is 4.39 Å². The smallest absolute Gasteiger partial charge is 0.317 e. The number of carbonyl (C=O) groups excluding carboxylic acids is 1. The number of primary amides is 1. The van der Waals surface area contributed by atoms with E-state index in [1.165, 1.54) is 17.2 Å². The Labute approximate surface area is 96.9 Å². The summed E-state index contributed by atoms with van der Waals surface area (Å²) in [6.07, 6.45) is 2.44. The zero-order chi connectivity index (χ0) is 12.8. The van der Waals surface area contributed by atoms with Crippen LogP contribution in [0.5, 0.6) is 0 Å². The quantitative estimate of drug-likeness (QED) is 0.706. The lowest BCUT2D eigenvalue weighted by Crippen LogP contribution is -2.36. The molecule has 0 aromatic carbocycles. The highest BCUT2D eigenvalue weighted by Gasteiger charge is 2.13. The Balaban J connectivity index is 2.71. The molecule has 1 amide bonds. The summed E-state index contributed by atoms with van der Waals surface area (Å²) in [4.78, 5) is 26.2. The van der Waals surface area contributed by atoms with Crippen LogP contribution in [0.3, 0.4) is 0 Å². The molecule has 0 saturated heterocycles. The second kappa shape index (κ2) is 5.90. The average molecular weight is 241 g/mol. The lowest BCUT2D eigenvalue weighted by atomic mass is 10.2. The molecule has 6 nitrogen and oxygen atoms in total. The fraction of sp³-hybridized carbons (Fsp3) is 0.300. The van der Waals surface area contributed by atoms with E-state index in [-0.39, 0.29) is 19.6 Å². The molecule has 17 heavy (non-hydrogen) atoms. The number of rotatable bonds is 6. The Morgan fingerprint density at radius 2 is 2.12 bits per heavy atom. The molecule has 0 aliphatic heterocycles. The van der Waals surface area contributed by atoms with Crippen molar-refractivity contribution < 1.29 is 19.1 Å². The molecule has 0 aliphatic carbocycles. The molecule has 0 spiro atoms. The van der Waals surface area contributed by atoms with E-state index in [2.05, 4.69) is 4.98 Å². The number of halogens is 1. The highest BCUT2D eigenvalue weighted by atomic mass is 19.1. The van der Waals surface area contributed by atoms with Crippen LogP contribution in [-0.4, -0.2) is 40.0 Å². The maximum Gasteiger partial charge on any atom is 0.317 e. The van der Waals surface area contributed by atoms with Crippen LogP contribution < -0.4 is 5.73 Å². The van der Waals surface area contributed by atoms with Crippen LogP contribution >= 0.6 is 0 Å². The van der Waals surface area contributed by atoms with Crippen molar-refractivity contribution in [3.63, 3.8) is 0 Å².